The summed E-state index contributed by atoms with van der Waals surface area (Å²) in [6.07, 6.45) is 2.32. The fraction of sp³-hybridized carbons (Fsp3) is 0.714. The van der Waals surface area contributed by atoms with E-state index in [1.54, 1.807) is 4.31 Å². The quantitative estimate of drug-likeness (QED) is 0.802. The molecule has 1 aliphatic carbocycles. The predicted molar refractivity (Wildman–Crippen MR) is 83.5 cm³/mol. The van der Waals surface area contributed by atoms with Crippen molar-refractivity contribution in [3.8, 4) is 0 Å². The molecule has 0 amide bonds. The van der Waals surface area contributed by atoms with E-state index in [-0.39, 0.29) is 6.04 Å². The molecule has 4 nitrogen and oxygen atoms in total. The second-order valence-corrected chi connectivity index (χ2v) is 8.69. The lowest BCUT2D eigenvalue weighted by Gasteiger charge is -2.25. The van der Waals surface area contributed by atoms with Gasteiger partial charge in [0.05, 0.1) is 0 Å². The highest BCUT2D eigenvalue weighted by atomic mass is 32.2. The number of hydrogen-bond donors (Lipinski definition) is 1. The normalized spacial score (nSPS) is 16.2. The Hall–Kier alpha value is -0.430. The number of thiophene rings is 1. The van der Waals surface area contributed by atoms with Crippen LogP contribution < -0.4 is 5.32 Å². The van der Waals surface area contributed by atoms with Crippen molar-refractivity contribution in [2.75, 3.05) is 13.1 Å². The summed E-state index contributed by atoms with van der Waals surface area (Å²) in [5.41, 5.74) is 1.05. The summed E-state index contributed by atoms with van der Waals surface area (Å²) in [5, 5.41) is 5.16. The SMILES string of the molecule is CCNCc1csc(S(=O)(=O)N(CC2CC2)C(C)C)c1. The van der Waals surface area contributed by atoms with E-state index >= 15 is 0 Å². The minimum atomic E-state index is -3.34. The molecule has 0 radical (unpaired) electrons. The van der Waals surface area contributed by atoms with E-state index in [0.29, 0.717) is 16.7 Å². The van der Waals surface area contributed by atoms with Crippen LogP contribution in [0.4, 0.5) is 0 Å². The Morgan fingerprint density at radius 2 is 2.15 bits per heavy atom. The van der Waals surface area contributed by atoms with Gasteiger partial charge in [-0.25, -0.2) is 8.42 Å². The van der Waals surface area contributed by atoms with E-state index in [9.17, 15) is 8.42 Å². The first-order valence-corrected chi connectivity index (χ1v) is 9.57. The Labute approximate surface area is 126 Å². The zero-order valence-electron chi connectivity index (χ0n) is 12.4. The van der Waals surface area contributed by atoms with Crippen molar-refractivity contribution >= 4 is 21.4 Å². The van der Waals surface area contributed by atoms with E-state index in [1.807, 2.05) is 32.2 Å². The van der Waals surface area contributed by atoms with Gasteiger partial charge >= 0.3 is 0 Å². The van der Waals surface area contributed by atoms with Crippen LogP contribution in [0.5, 0.6) is 0 Å². The van der Waals surface area contributed by atoms with Crippen LogP contribution >= 0.6 is 11.3 Å². The molecule has 0 atom stereocenters. The molecule has 20 heavy (non-hydrogen) atoms. The standard InChI is InChI=1S/C14H24N2O2S2/c1-4-15-8-13-7-14(19-10-13)20(17,18)16(11(2)3)9-12-5-6-12/h7,10-12,15H,4-6,8-9H2,1-3H3. The van der Waals surface area contributed by atoms with Crippen LogP contribution in [0.3, 0.4) is 0 Å². The molecule has 0 saturated heterocycles. The van der Waals surface area contributed by atoms with E-state index in [2.05, 4.69) is 5.32 Å². The smallest absolute Gasteiger partial charge is 0.252 e. The summed E-state index contributed by atoms with van der Waals surface area (Å²) in [7, 11) is -3.34. The van der Waals surface area contributed by atoms with Gasteiger partial charge in [-0.15, -0.1) is 11.3 Å². The molecule has 1 aliphatic rings. The summed E-state index contributed by atoms with van der Waals surface area (Å²) in [4.78, 5) is 0. The van der Waals surface area contributed by atoms with Gasteiger partial charge in [0.2, 0.25) is 0 Å². The molecule has 0 aromatic carbocycles. The van der Waals surface area contributed by atoms with Gasteiger partial charge in [0.15, 0.2) is 0 Å². The highest BCUT2D eigenvalue weighted by molar-refractivity contribution is 7.91. The number of hydrogen-bond acceptors (Lipinski definition) is 4. The molecule has 1 saturated carbocycles. The van der Waals surface area contributed by atoms with Gasteiger partial charge in [-0.05, 0) is 56.2 Å². The van der Waals surface area contributed by atoms with E-state index in [1.165, 1.54) is 11.3 Å². The highest BCUT2D eigenvalue weighted by Crippen LogP contribution is 2.33. The molecule has 1 heterocycles. The van der Waals surface area contributed by atoms with Crippen LogP contribution in [-0.2, 0) is 16.6 Å². The maximum Gasteiger partial charge on any atom is 0.252 e. The first kappa shape index (κ1) is 15.9. The van der Waals surface area contributed by atoms with Crippen molar-refractivity contribution in [1.29, 1.82) is 0 Å². The summed E-state index contributed by atoms with van der Waals surface area (Å²) in [6, 6.07) is 1.82. The van der Waals surface area contributed by atoms with Gasteiger partial charge in [-0.2, -0.15) is 4.31 Å². The van der Waals surface area contributed by atoms with Crippen molar-refractivity contribution in [1.82, 2.24) is 9.62 Å². The van der Waals surface area contributed by atoms with Gasteiger partial charge in [0, 0.05) is 19.1 Å². The number of nitrogens with zero attached hydrogens (tertiary/aromatic N) is 1. The third-order valence-electron chi connectivity index (χ3n) is 3.48. The zero-order chi connectivity index (χ0) is 14.8. The molecule has 114 valence electrons. The van der Waals surface area contributed by atoms with Crippen molar-refractivity contribution in [2.24, 2.45) is 5.92 Å². The molecule has 2 rings (SSSR count). The lowest BCUT2D eigenvalue weighted by Crippen LogP contribution is -2.38. The molecule has 0 aliphatic heterocycles. The highest BCUT2D eigenvalue weighted by Gasteiger charge is 2.34. The molecule has 1 aromatic rings. The summed E-state index contributed by atoms with van der Waals surface area (Å²) >= 11 is 1.33. The van der Waals surface area contributed by atoms with Gasteiger partial charge in [0.25, 0.3) is 10.0 Å². The predicted octanol–water partition coefficient (Wildman–Crippen LogP) is 2.67. The second kappa shape index (κ2) is 6.56. The minimum absolute atomic E-state index is 0.0138. The Morgan fingerprint density at radius 1 is 1.45 bits per heavy atom. The average Bonchev–Trinajstić information content (AvgIpc) is 3.08. The Kier molecular flexibility index (Phi) is 5.23. The Morgan fingerprint density at radius 3 is 2.70 bits per heavy atom. The minimum Gasteiger partial charge on any atom is -0.313 e. The summed E-state index contributed by atoms with van der Waals surface area (Å²) in [6.45, 7) is 8.23. The van der Waals surface area contributed by atoms with Crippen LogP contribution in [0.25, 0.3) is 0 Å². The van der Waals surface area contributed by atoms with Gasteiger partial charge < -0.3 is 5.32 Å². The number of rotatable bonds is 8. The lowest BCUT2D eigenvalue weighted by molar-refractivity contribution is 0.342. The van der Waals surface area contributed by atoms with Gasteiger partial charge in [0.1, 0.15) is 4.21 Å². The summed E-state index contributed by atoms with van der Waals surface area (Å²) in [5.74, 6) is 0.563. The third-order valence-corrected chi connectivity index (χ3v) is 6.99. The molecule has 1 fully saturated rings. The largest absolute Gasteiger partial charge is 0.313 e. The van der Waals surface area contributed by atoms with E-state index in [0.717, 1.165) is 31.5 Å². The van der Waals surface area contributed by atoms with Crippen LogP contribution in [0.15, 0.2) is 15.7 Å². The van der Waals surface area contributed by atoms with E-state index < -0.39 is 10.0 Å². The van der Waals surface area contributed by atoms with Crippen molar-refractivity contribution in [2.45, 2.75) is 50.4 Å². The van der Waals surface area contributed by atoms with Crippen LogP contribution in [0.1, 0.15) is 39.2 Å². The van der Waals surface area contributed by atoms with Crippen molar-refractivity contribution < 1.29 is 8.42 Å². The fourth-order valence-corrected chi connectivity index (χ4v) is 5.16. The van der Waals surface area contributed by atoms with Crippen LogP contribution in [-0.4, -0.2) is 31.9 Å². The van der Waals surface area contributed by atoms with E-state index in [4.69, 9.17) is 0 Å². The number of sulfonamides is 1. The molecule has 0 bridgehead atoms. The third kappa shape index (κ3) is 3.81. The molecule has 0 unspecified atom stereocenters. The first-order chi connectivity index (χ1) is 9.45. The number of nitrogens with one attached hydrogen (secondary N) is 1. The van der Waals surface area contributed by atoms with Gasteiger partial charge in [-0.1, -0.05) is 6.92 Å². The topological polar surface area (TPSA) is 49.4 Å². The lowest BCUT2D eigenvalue weighted by atomic mass is 10.3. The van der Waals surface area contributed by atoms with Crippen LogP contribution in [0.2, 0.25) is 0 Å². The zero-order valence-corrected chi connectivity index (χ0v) is 14.1. The molecule has 1 N–H and O–H groups in total. The Bertz CT molecular complexity index is 533. The molecule has 0 spiro atoms. The fourth-order valence-electron chi connectivity index (χ4n) is 2.11. The first-order valence-electron chi connectivity index (χ1n) is 7.25. The summed E-state index contributed by atoms with van der Waals surface area (Å²) < 4.78 is 27.6. The molecular weight excluding hydrogens is 292 g/mol. The van der Waals surface area contributed by atoms with Gasteiger partial charge in [-0.3, -0.25) is 0 Å². The maximum absolute atomic E-state index is 12.7. The molecule has 1 aromatic heterocycles. The molecule has 6 heteroatoms. The maximum atomic E-state index is 12.7. The average molecular weight is 316 g/mol. The second-order valence-electron chi connectivity index (χ2n) is 5.67. The monoisotopic (exact) mass is 316 g/mol. The Balaban J connectivity index is 2.16. The van der Waals surface area contributed by atoms with Crippen molar-refractivity contribution in [3.63, 3.8) is 0 Å². The van der Waals surface area contributed by atoms with Crippen LogP contribution in [0, 0.1) is 5.92 Å². The van der Waals surface area contributed by atoms with Crippen molar-refractivity contribution in [3.05, 3.63) is 17.0 Å². The molecular formula is C14H24N2O2S2.